The number of hydrogen-bond acceptors (Lipinski definition) is 6. The molecule has 3 aliphatic rings. The summed E-state index contributed by atoms with van der Waals surface area (Å²) < 4.78 is 14.5. The summed E-state index contributed by atoms with van der Waals surface area (Å²) in [5.41, 5.74) is 1.80. The van der Waals surface area contributed by atoms with Gasteiger partial charge in [0.2, 0.25) is 0 Å². The number of nitrogens with one attached hydrogen (secondary N) is 1. The van der Waals surface area contributed by atoms with Gasteiger partial charge >= 0.3 is 6.03 Å². The van der Waals surface area contributed by atoms with Crippen molar-refractivity contribution in [2.24, 2.45) is 4.99 Å². The van der Waals surface area contributed by atoms with Gasteiger partial charge in [-0.25, -0.2) is 14.2 Å². The van der Waals surface area contributed by atoms with Gasteiger partial charge in [-0.05, 0) is 11.6 Å². The fraction of sp³-hybridized carbons (Fsp3) is 0.400. The average molecular weight is 465 g/mol. The number of hydrogen-bond donors (Lipinski definition) is 1. The molecule has 0 bridgehead atoms. The van der Waals surface area contributed by atoms with Crippen LogP contribution in [-0.4, -0.2) is 89.4 Å². The van der Waals surface area contributed by atoms with Gasteiger partial charge in [0, 0.05) is 51.9 Å². The molecule has 0 radical (unpaired) electrons. The van der Waals surface area contributed by atoms with E-state index in [1.54, 1.807) is 25.2 Å². The van der Waals surface area contributed by atoms with Gasteiger partial charge in [-0.2, -0.15) is 0 Å². The zero-order valence-corrected chi connectivity index (χ0v) is 19.2. The third-order valence-corrected chi connectivity index (χ3v) is 6.82. The Balaban J connectivity index is 1.30. The highest BCUT2D eigenvalue weighted by Crippen LogP contribution is 2.27. The average Bonchev–Trinajstić information content (AvgIpc) is 3.19. The van der Waals surface area contributed by atoms with E-state index in [1.807, 2.05) is 11.0 Å². The number of carbonyl (C=O) groups excluding carboxylic acids is 2. The van der Waals surface area contributed by atoms with Crippen LogP contribution in [0.1, 0.15) is 11.1 Å². The highest BCUT2D eigenvalue weighted by atomic mass is 19.1. The predicted octanol–water partition coefficient (Wildman–Crippen LogP) is 1.73. The third kappa shape index (κ3) is 4.53. The number of rotatable bonds is 6. The SMILES string of the molecule is CN1C(=O)NC(=O)C2C1N=C(CN1CCN(Cc3ccccc3)CC1)N2Cc1ccccc1F. The first-order valence-electron chi connectivity index (χ1n) is 11.6. The number of urea groups is 1. The maximum Gasteiger partial charge on any atom is 0.325 e. The fourth-order valence-corrected chi connectivity index (χ4v) is 4.86. The molecule has 5 rings (SSSR count). The van der Waals surface area contributed by atoms with Gasteiger partial charge in [-0.1, -0.05) is 48.5 Å². The molecule has 3 aliphatic heterocycles. The lowest BCUT2D eigenvalue weighted by Gasteiger charge is -2.38. The fourth-order valence-electron chi connectivity index (χ4n) is 4.86. The molecule has 2 aromatic rings. The number of nitrogens with zero attached hydrogens (tertiary/aromatic N) is 5. The molecule has 0 aromatic heterocycles. The topological polar surface area (TPSA) is 71.5 Å². The second kappa shape index (κ2) is 9.52. The molecule has 34 heavy (non-hydrogen) atoms. The van der Waals surface area contributed by atoms with Gasteiger partial charge in [0.05, 0.1) is 6.54 Å². The van der Waals surface area contributed by atoms with Crippen molar-refractivity contribution in [2.45, 2.75) is 25.3 Å². The Labute approximate surface area is 198 Å². The monoisotopic (exact) mass is 464 g/mol. The van der Waals surface area contributed by atoms with Crippen LogP contribution in [0.15, 0.2) is 59.6 Å². The van der Waals surface area contributed by atoms with Gasteiger partial charge in [0.15, 0.2) is 12.2 Å². The zero-order chi connectivity index (χ0) is 23.7. The Bertz CT molecular complexity index is 1090. The van der Waals surface area contributed by atoms with Crippen molar-refractivity contribution in [2.75, 3.05) is 39.8 Å². The Hall–Kier alpha value is -3.30. The molecular formula is C25H29FN6O2. The quantitative estimate of drug-likeness (QED) is 0.705. The van der Waals surface area contributed by atoms with Crippen molar-refractivity contribution in [3.8, 4) is 0 Å². The number of carbonyl (C=O) groups is 2. The largest absolute Gasteiger partial charge is 0.339 e. The Kier molecular flexibility index (Phi) is 6.30. The molecular weight excluding hydrogens is 435 g/mol. The Morgan fingerprint density at radius 1 is 0.912 bits per heavy atom. The molecule has 9 heteroatoms. The van der Waals surface area contributed by atoms with Gasteiger partial charge in [-0.15, -0.1) is 0 Å². The summed E-state index contributed by atoms with van der Waals surface area (Å²) in [6, 6.07) is 15.9. The molecule has 3 amide bonds. The van der Waals surface area contributed by atoms with E-state index in [-0.39, 0.29) is 12.4 Å². The highest BCUT2D eigenvalue weighted by molar-refractivity contribution is 6.04. The number of halogens is 1. The van der Waals surface area contributed by atoms with Crippen molar-refractivity contribution in [3.63, 3.8) is 0 Å². The molecule has 2 aromatic carbocycles. The van der Waals surface area contributed by atoms with E-state index in [1.165, 1.54) is 16.5 Å². The van der Waals surface area contributed by atoms with E-state index in [0.717, 1.165) is 32.7 Å². The van der Waals surface area contributed by atoms with Crippen molar-refractivity contribution in [1.82, 2.24) is 24.9 Å². The van der Waals surface area contributed by atoms with E-state index >= 15 is 0 Å². The van der Waals surface area contributed by atoms with Crippen LogP contribution in [0.5, 0.6) is 0 Å². The van der Waals surface area contributed by atoms with E-state index in [0.29, 0.717) is 17.9 Å². The minimum atomic E-state index is -0.670. The summed E-state index contributed by atoms with van der Waals surface area (Å²) in [4.78, 5) is 37.8. The number of benzene rings is 2. The third-order valence-electron chi connectivity index (χ3n) is 6.82. The van der Waals surface area contributed by atoms with Crippen molar-refractivity contribution in [3.05, 3.63) is 71.5 Å². The van der Waals surface area contributed by atoms with Crippen LogP contribution in [0.2, 0.25) is 0 Å². The number of piperazine rings is 1. The van der Waals surface area contributed by atoms with Gasteiger partial charge in [0.1, 0.15) is 11.7 Å². The van der Waals surface area contributed by atoms with E-state index in [2.05, 4.69) is 39.4 Å². The summed E-state index contributed by atoms with van der Waals surface area (Å²) in [6.45, 7) is 5.30. The summed E-state index contributed by atoms with van der Waals surface area (Å²) in [5, 5.41) is 2.40. The van der Waals surface area contributed by atoms with Crippen molar-refractivity contribution < 1.29 is 14.0 Å². The minimum absolute atomic E-state index is 0.218. The number of likely N-dealkylation sites (N-methyl/N-ethyl adjacent to an activating group) is 1. The summed E-state index contributed by atoms with van der Waals surface area (Å²) in [7, 11) is 1.63. The van der Waals surface area contributed by atoms with Gasteiger partial charge in [0.25, 0.3) is 5.91 Å². The number of aliphatic imine (C=N–C) groups is 1. The van der Waals surface area contributed by atoms with Gasteiger partial charge < -0.3 is 9.80 Å². The second-order valence-corrected chi connectivity index (χ2v) is 9.07. The standard InChI is InChI=1S/C25H29FN6O2/c1-29-23-22(24(33)28-25(29)34)32(16-19-9-5-6-10-20(19)26)21(27-23)17-31-13-11-30(12-14-31)15-18-7-3-2-4-8-18/h2-10,22-23H,11-17H2,1H3,(H,28,33,34). The molecule has 3 heterocycles. The van der Waals surface area contributed by atoms with E-state index < -0.39 is 24.1 Å². The van der Waals surface area contributed by atoms with Gasteiger partial charge in [-0.3, -0.25) is 19.9 Å². The first kappa shape index (κ1) is 22.5. The lowest BCUT2D eigenvalue weighted by molar-refractivity contribution is -0.127. The maximum absolute atomic E-state index is 14.5. The van der Waals surface area contributed by atoms with Crippen LogP contribution in [0.3, 0.4) is 0 Å². The molecule has 2 unspecified atom stereocenters. The van der Waals surface area contributed by atoms with Crippen LogP contribution in [-0.2, 0) is 17.9 Å². The number of fused-ring (bicyclic) bond motifs is 1. The highest BCUT2D eigenvalue weighted by Gasteiger charge is 2.48. The maximum atomic E-state index is 14.5. The molecule has 8 nitrogen and oxygen atoms in total. The Morgan fingerprint density at radius 3 is 2.26 bits per heavy atom. The first-order valence-corrected chi connectivity index (χ1v) is 11.6. The first-order chi connectivity index (χ1) is 16.5. The molecule has 0 spiro atoms. The van der Waals surface area contributed by atoms with Crippen molar-refractivity contribution >= 4 is 17.8 Å². The number of imide groups is 1. The molecule has 2 fully saturated rings. The smallest absolute Gasteiger partial charge is 0.325 e. The molecule has 2 saturated heterocycles. The van der Waals surface area contributed by atoms with Crippen LogP contribution in [0.25, 0.3) is 0 Å². The molecule has 2 atom stereocenters. The van der Waals surface area contributed by atoms with Crippen LogP contribution in [0, 0.1) is 5.82 Å². The second-order valence-electron chi connectivity index (χ2n) is 9.07. The summed E-state index contributed by atoms with van der Waals surface area (Å²) in [5.74, 6) is 0.00260. The lowest BCUT2D eigenvalue weighted by Crippen LogP contribution is -2.63. The minimum Gasteiger partial charge on any atom is -0.339 e. The summed E-state index contributed by atoms with van der Waals surface area (Å²) >= 11 is 0. The molecule has 0 aliphatic carbocycles. The number of amides is 3. The molecule has 0 saturated carbocycles. The van der Waals surface area contributed by atoms with Crippen molar-refractivity contribution in [1.29, 1.82) is 0 Å². The van der Waals surface area contributed by atoms with Crippen LogP contribution in [0.4, 0.5) is 9.18 Å². The van der Waals surface area contributed by atoms with Crippen LogP contribution >= 0.6 is 0 Å². The summed E-state index contributed by atoms with van der Waals surface area (Å²) in [6.07, 6.45) is -0.609. The Morgan fingerprint density at radius 2 is 1.56 bits per heavy atom. The number of amidine groups is 1. The van der Waals surface area contributed by atoms with Crippen LogP contribution < -0.4 is 5.32 Å². The van der Waals surface area contributed by atoms with E-state index in [4.69, 9.17) is 4.99 Å². The predicted molar refractivity (Wildman–Crippen MR) is 126 cm³/mol. The zero-order valence-electron chi connectivity index (χ0n) is 19.2. The lowest BCUT2D eigenvalue weighted by atomic mass is 10.1. The molecule has 1 N–H and O–H groups in total. The molecule has 178 valence electrons. The normalized spacial score (nSPS) is 23.6. The van der Waals surface area contributed by atoms with E-state index in [9.17, 15) is 14.0 Å².